The molecule has 2 aromatic carbocycles. The molecular weight excluding hydrogens is 504 g/mol. The Morgan fingerprint density at radius 2 is 1.73 bits per heavy atom. The summed E-state index contributed by atoms with van der Waals surface area (Å²) in [6.07, 6.45) is 13.4. The Hall–Kier alpha value is -3.58. The van der Waals surface area contributed by atoms with E-state index in [0.717, 1.165) is 75.5 Å². The molecule has 0 amide bonds. The minimum absolute atomic E-state index is 0.0296. The quantitative estimate of drug-likeness (QED) is 0.0626. The predicted molar refractivity (Wildman–Crippen MR) is 161 cm³/mol. The zero-order chi connectivity index (χ0) is 28.7. The van der Waals surface area contributed by atoms with E-state index in [1.165, 1.54) is 6.08 Å². The average Bonchev–Trinajstić information content (AvgIpc) is 2.95. The molecule has 3 rings (SSSR count). The minimum Gasteiger partial charge on any atom is -0.462 e. The van der Waals surface area contributed by atoms with E-state index in [1.807, 2.05) is 18.2 Å². The molecule has 4 N–H and O–H groups in total. The molecule has 0 aromatic heterocycles. The lowest BCUT2D eigenvalue weighted by molar-refractivity contribution is -0.141. The van der Waals surface area contributed by atoms with Crippen LogP contribution < -0.4 is 16.2 Å². The number of allylic oxidation sites excluding steroid dienone is 1. The highest BCUT2D eigenvalue weighted by Gasteiger charge is 2.28. The lowest BCUT2D eigenvalue weighted by atomic mass is 9.87. The largest absolute Gasteiger partial charge is 0.462 e. The molecule has 7 nitrogen and oxygen atoms in total. The van der Waals surface area contributed by atoms with Crippen molar-refractivity contribution in [2.24, 2.45) is 5.92 Å². The summed E-state index contributed by atoms with van der Waals surface area (Å²) in [4.78, 5) is 25.1. The van der Waals surface area contributed by atoms with E-state index in [1.54, 1.807) is 36.4 Å². The van der Waals surface area contributed by atoms with Crippen LogP contribution in [0.1, 0.15) is 81.8 Å². The average molecular weight is 549 g/mol. The van der Waals surface area contributed by atoms with Crippen LogP contribution in [0.5, 0.6) is 5.75 Å². The van der Waals surface area contributed by atoms with Crippen LogP contribution in [0.25, 0.3) is 6.08 Å². The number of rotatable bonds is 15. The zero-order valence-corrected chi connectivity index (χ0v) is 23.7. The van der Waals surface area contributed by atoms with E-state index >= 15 is 0 Å². The van der Waals surface area contributed by atoms with Gasteiger partial charge in [-0.3, -0.25) is 4.79 Å². The third-order valence-corrected chi connectivity index (χ3v) is 7.23. The molecule has 1 fully saturated rings. The number of unbranched alkanes of at least 4 members (excludes halogenated alkanes) is 2. The van der Waals surface area contributed by atoms with Gasteiger partial charge in [0.25, 0.3) is 0 Å². The maximum absolute atomic E-state index is 12.6. The zero-order valence-electron chi connectivity index (χ0n) is 23.7. The second kappa shape index (κ2) is 16.5. The number of benzene rings is 2. The minimum atomic E-state index is -0.422. The Kier molecular flexibility index (Phi) is 12.8. The van der Waals surface area contributed by atoms with Crippen molar-refractivity contribution in [3.8, 4) is 5.75 Å². The van der Waals surface area contributed by atoms with Gasteiger partial charge in [-0.25, -0.2) is 4.79 Å². The summed E-state index contributed by atoms with van der Waals surface area (Å²) in [5.74, 6) is -0.201. The molecule has 0 bridgehead atoms. The van der Waals surface area contributed by atoms with Crippen molar-refractivity contribution in [3.63, 3.8) is 0 Å². The highest BCUT2D eigenvalue weighted by atomic mass is 16.5. The van der Waals surface area contributed by atoms with E-state index in [2.05, 4.69) is 13.5 Å². The first-order valence-electron chi connectivity index (χ1n) is 14.4. The first-order chi connectivity index (χ1) is 19.4. The van der Waals surface area contributed by atoms with Gasteiger partial charge in [-0.05, 0) is 92.5 Å². The lowest BCUT2D eigenvalue weighted by Gasteiger charge is -2.27. The molecule has 40 heavy (non-hydrogen) atoms. The predicted octanol–water partition coefficient (Wildman–Crippen LogP) is 6.83. The normalized spacial score (nSPS) is 17.8. The van der Waals surface area contributed by atoms with Crippen LogP contribution in [0.2, 0.25) is 0 Å². The fourth-order valence-corrected chi connectivity index (χ4v) is 4.92. The Balaban J connectivity index is 1.44. The van der Waals surface area contributed by atoms with Gasteiger partial charge in [0.15, 0.2) is 0 Å². The van der Waals surface area contributed by atoms with Crippen LogP contribution in [0.4, 0.5) is 11.4 Å². The lowest BCUT2D eigenvalue weighted by Crippen LogP contribution is -2.29. The molecule has 216 valence electrons. The Morgan fingerprint density at radius 3 is 2.38 bits per heavy atom. The van der Waals surface area contributed by atoms with Gasteiger partial charge in [-0.2, -0.15) is 0 Å². The number of hydrogen-bond donors (Lipinski definition) is 2. The molecular formula is C33H44N2O5. The van der Waals surface area contributed by atoms with Gasteiger partial charge in [-0.1, -0.05) is 38.0 Å². The van der Waals surface area contributed by atoms with E-state index in [4.69, 9.17) is 25.7 Å². The molecule has 1 saturated carbocycles. The third kappa shape index (κ3) is 10.5. The number of hydrogen-bond acceptors (Lipinski definition) is 7. The first-order valence-corrected chi connectivity index (χ1v) is 14.4. The molecule has 1 aliphatic rings. The highest BCUT2D eigenvalue weighted by molar-refractivity contribution is 5.87. The summed E-state index contributed by atoms with van der Waals surface area (Å²) < 4.78 is 17.1. The van der Waals surface area contributed by atoms with E-state index in [9.17, 15) is 9.59 Å². The molecule has 1 atom stereocenters. The molecule has 1 aliphatic carbocycles. The van der Waals surface area contributed by atoms with E-state index in [0.29, 0.717) is 17.1 Å². The van der Waals surface area contributed by atoms with Gasteiger partial charge in [0.05, 0.1) is 18.6 Å². The summed E-state index contributed by atoms with van der Waals surface area (Å²) in [7, 11) is 0. The van der Waals surface area contributed by atoms with E-state index in [-0.39, 0.29) is 30.5 Å². The van der Waals surface area contributed by atoms with Gasteiger partial charge >= 0.3 is 11.9 Å². The summed E-state index contributed by atoms with van der Waals surface area (Å²) >= 11 is 0. The Labute approximate surface area is 238 Å². The first kappa shape index (κ1) is 31.0. The Bertz CT molecular complexity index is 1100. The molecule has 1 unspecified atom stereocenters. The number of carbonyl (C=O) groups excluding carboxylic acids is 2. The number of carbonyl (C=O) groups is 2. The second-order valence-electron chi connectivity index (χ2n) is 10.5. The topological polar surface area (TPSA) is 114 Å². The monoisotopic (exact) mass is 548 g/mol. The van der Waals surface area contributed by atoms with Crippen LogP contribution in [-0.4, -0.2) is 31.3 Å². The van der Waals surface area contributed by atoms with Crippen LogP contribution in [-0.2, 0) is 19.1 Å². The van der Waals surface area contributed by atoms with Crippen molar-refractivity contribution >= 4 is 29.4 Å². The van der Waals surface area contributed by atoms with Gasteiger partial charge in [-0.15, -0.1) is 6.58 Å². The van der Waals surface area contributed by atoms with Crippen molar-refractivity contribution in [2.45, 2.75) is 76.7 Å². The third-order valence-electron chi connectivity index (χ3n) is 7.23. The SMILES string of the molecule is C=CCCCOC1CCC(C(=O)Oc2ccc(C=CC(=O)OCC(CCCC)c3cc(N)cc(N)c3)cc2)CC1. The van der Waals surface area contributed by atoms with Crippen LogP contribution in [0.3, 0.4) is 0 Å². The molecule has 0 radical (unpaired) electrons. The highest BCUT2D eigenvalue weighted by Crippen LogP contribution is 2.29. The number of anilines is 2. The van der Waals surface area contributed by atoms with E-state index < -0.39 is 5.97 Å². The summed E-state index contributed by atoms with van der Waals surface area (Å²) in [5.41, 5.74) is 14.9. The summed E-state index contributed by atoms with van der Waals surface area (Å²) in [6, 6.07) is 12.6. The second-order valence-corrected chi connectivity index (χ2v) is 10.5. The van der Waals surface area contributed by atoms with Gasteiger partial charge < -0.3 is 25.7 Å². The van der Waals surface area contributed by atoms with Crippen molar-refractivity contribution in [1.82, 2.24) is 0 Å². The van der Waals surface area contributed by atoms with Crippen LogP contribution in [0, 0.1) is 5.92 Å². The molecule has 0 heterocycles. The summed E-state index contributed by atoms with van der Waals surface area (Å²) in [6.45, 7) is 6.85. The van der Waals surface area contributed by atoms with Crippen LogP contribution in [0.15, 0.2) is 61.2 Å². The molecule has 0 aliphatic heterocycles. The number of nitrogens with two attached hydrogens (primary N) is 2. The van der Waals surface area contributed by atoms with Crippen molar-refractivity contribution in [3.05, 3.63) is 72.3 Å². The van der Waals surface area contributed by atoms with Crippen molar-refractivity contribution in [2.75, 3.05) is 24.7 Å². The summed E-state index contributed by atoms with van der Waals surface area (Å²) in [5, 5.41) is 0. The molecule has 2 aromatic rings. The molecule has 0 spiro atoms. The fraction of sp³-hybridized carbons (Fsp3) is 0.455. The van der Waals surface area contributed by atoms with Gasteiger partial charge in [0, 0.05) is 30.0 Å². The number of nitrogen functional groups attached to an aromatic ring is 2. The standard InChI is InChI=1S/C33H44N2O5/c1-3-5-7-19-38-30-16-12-25(13-17-30)33(37)40-31-14-9-24(10-15-31)11-18-32(36)39-23-26(8-6-4-2)27-20-28(34)22-29(35)21-27/h3,9-11,14-15,18,20-22,25-26,30H,1,4-8,12-13,16-17,19,23,34-35H2,2H3. The van der Waals surface area contributed by atoms with Crippen molar-refractivity contribution < 1.29 is 23.8 Å². The van der Waals surface area contributed by atoms with Crippen LogP contribution >= 0.6 is 0 Å². The van der Waals surface area contributed by atoms with Crippen molar-refractivity contribution in [1.29, 1.82) is 0 Å². The number of ether oxygens (including phenoxy) is 3. The maximum atomic E-state index is 12.6. The Morgan fingerprint density at radius 1 is 1.02 bits per heavy atom. The molecule has 7 heteroatoms. The van der Waals surface area contributed by atoms with Gasteiger partial charge in [0.2, 0.25) is 0 Å². The molecule has 0 saturated heterocycles. The van der Waals surface area contributed by atoms with Gasteiger partial charge in [0.1, 0.15) is 5.75 Å². The maximum Gasteiger partial charge on any atom is 0.330 e. The fourth-order valence-electron chi connectivity index (χ4n) is 4.92. The number of esters is 2. The smallest absolute Gasteiger partial charge is 0.330 e.